The Labute approximate surface area is 231 Å². The van der Waals surface area contributed by atoms with Crippen LogP contribution in [0.1, 0.15) is 24.0 Å². The minimum atomic E-state index is -4.65. The van der Waals surface area contributed by atoms with Crippen molar-refractivity contribution < 1.29 is 26.7 Å². The zero-order chi connectivity index (χ0) is 27.2. The van der Waals surface area contributed by atoms with Gasteiger partial charge in [0.2, 0.25) is 0 Å². The Hall–Kier alpha value is -1.95. The van der Waals surface area contributed by atoms with Gasteiger partial charge in [0.05, 0.1) is 38.1 Å². The second-order valence-electron chi connectivity index (χ2n) is 8.42. The van der Waals surface area contributed by atoms with Gasteiger partial charge in [-0.25, -0.2) is 13.4 Å². The number of pyridine rings is 1. The van der Waals surface area contributed by atoms with E-state index in [0.717, 1.165) is 12.1 Å². The lowest BCUT2D eigenvalue weighted by Crippen LogP contribution is -2.43. The van der Waals surface area contributed by atoms with Crippen LogP contribution in [0.3, 0.4) is 0 Å². The van der Waals surface area contributed by atoms with Crippen molar-refractivity contribution in [2.45, 2.75) is 29.5 Å². The number of hydrogen-bond donors (Lipinski definition) is 2. The number of piperidine rings is 1. The molecule has 4 rings (SSSR count). The molecule has 14 heteroatoms. The second-order valence-corrected chi connectivity index (χ2v) is 11.7. The first kappa shape index (κ1) is 28.1. The molecule has 6 nitrogen and oxygen atoms in total. The van der Waals surface area contributed by atoms with Gasteiger partial charge in [0.15, 0.2) is 0 Å². The zero-order valence-electron chi connectivity index (χ0n) is 18.7. The minimum Gasteiger partial charge on any atom is -0.385 e. The van der Waals surface area contributed by atoms with Gasteiger partial charge in [-0.1, -0.05) is 52.5 Å². The average molecular weight is 615 g/mol. The van der Waals surface area contributed by atoms with Crippen molar-refractivity contribution in [3.05, 3.63) is 79.9 Å². The topological polar surface area (TPSA) is 82.5 Å². The third-order valence-corrected chi connectivity index (χ3v) is 8.66. The molecule has 0 unspecified atom stereocenters. The van der Waals surface area contributed by atoms with Crippen LogP contribution in [0.4, 0.5) is 24.7 Å². The molecular weight excluding hydrogens is 597 g/mol. The molecule has 2 heterocycles. The predicted molar refractivity (Wildman–Crippen MR) is 138 cm³/mol. The SMILES string of the molecule is O=S(=O)(Nc1cnc(N2CCC(O)(c3ccc(Cl)c(C(F)(F)F)c3)CC2)c(Cl)c1)c1ccc(Cl)cc1Cl. The molecule has 0 radical (unpaired) electrons. The molecule has 198 valence electrons. The second kappa shape index (κ2) is 10.3. The number of nitrogens with one attached hydrogen (secondary N) is 1. The van der Waals surface area contributed by atoms with E-state index in [1.807, 2.05) is 0 Å². The minimum absolute atomic E-state index is 0.0560. The number of anilines is 2. The summed E-state index contributed by atoms with van der Waals surface area (Å²) >= 11 is 23.9. The van der Waals surface area contributed by atoms with Crippen molar-refractivity contribution in [2.24, 2.45) is 0 Å². The van der Waals surface area contributed by atoms with E-state index >= 15 is 0 Å². The standard InChI is InChI=1S/C23H18Cl4F3N3O3S/c24-14-2-4-20(18(26)10-14)37(35,36)32-15-11-19(27)21(31-12-15)33-7-5-22(34,6-8-33)13-1-3-17(25)16(9-13)23(28,29)30/h1-4,9-12,32,34H,5-8H2. The number of benzene rings is 2. The molecule has 2 N–H and O–H groups in total. The number of nitrogens with zero attached hydrogens (tertiary/aromatic N) is 2. The molecule has 2 aromatic carbocycles. The fraction of sp³-hybridized carbons (Fsp3) is 0.261. The molecule has 0 bridgehead atoms. The monoisotopic (exact) mass is 613 g/mol. The number of hydrogen-bond acceptors (Lipinski definition) is 5. The number of sulfonamides is 1. The van der Waals surface area contributed by atoms with Gasteiger partial charge in [-0.2, -0.15) is 13.2 Å². The number of alkyl halides is 3. The van der Waals surface area contributed by atoms with Crippen LogP contribution in [0, 0.1) is 0 Å². The third kappa shape index (κ3) is 6.05. The van der Waals surface area contributed by atoms with Gasteiger partial charge in [-0.15, -0.1) is 0 Å². The van der Waals surface area contributed by atoms with Gasteiger partial charge in [0.1, 0.15) is 10.7 Å². The van der Waals surface area contributed by atoms with Crippen molar-refractivity contribution in [2.75, 3.05) is 22.7 Å². The third-order valence-electron chi connectivity index (χ3n) is 5.96. The Balaban J connectivity index is 1.49. The van der Waals surface area contributed by atoms with Crippen molar-refractivity contribution >= 4 is 67.9 Å². The van der Waals surface area contributed by atoms with Gasteiger partial charge in [0.25, 0.3) is 10.0 Å². The van der Waals surface area contributed by atoms with Crippen LogP contribution in [-0.2, 0) is 21.8 Å². The first-order chi connectivity index (χ1) is 17.2. The van der Waals surface area contributed by atoms with Crippen molar-refractivity contribution in [1.29, 1.82) is 0 Å². The molecule has 0 aliphatic carbocycles. The largest absolute Gasteiger partial charge is 0.417 e. The van der Waals surface area contributed by atoms with Crippen LogP contribution in [0.15, 0.2) is 53.6 Å². The van der Waals surface area contributed by atoms with Crippen LogP contribution in [0.5, 0.6) is 0 Å². The summed E-state index contributed by atoms with van der Waals surface area (Å²) in [6.07, 6.45) is -3.16. The molecule has 1 aromatic heterocycles. The van der Waals surface area contributed by atoms with E-state index in [1.165, 1.54) is 36.5 Å². The summed E-state index contributed by atoms with van der Waals surface area (Å²) in [5, 5.41) is 11.0. The quantitative estimate of drug-likeness (QED) is 0.323. The van der Waals surface area contributed by atoms with E-state index in [4.69, 9.17) is 46.4 Å². The van der Waals surface area contributed by atoms with Gasteiger partial charge in [-0.3, -0.25) is 4.72 Å². The Morgan fingerprint density at radius 2 is 1.62 bits per heavy atom. The highest BCUT2D eigenvalue weighted by Crippen LogP contribution is 2.41. The predicted octanol–water partition coefficient (Wildman–Crippen LogP) is 7.00. The number of aliphatic hydroxyl groups is 1. The van der Waals surface area contributed by atoms with Gasteiger partial charge >= 0.3 is 6.18 Å². The van der Waals surface area contributed by atoms with Crippen molar-refractivity contribution in [3.8, 4) is 0 Å². The number of rotatable bonds is 5. The maximum atomic E-state index is 13.3. The first-order valence-corrected chi connectivity index (χ1v) is 13.7. The molecule has 1 aliphatic heterocycles. The average Bonchev–Trinajstić information content (AvgIpc) is 2.79. The van der Waals surface area contributed by atoms with Crippen LogP contribution in [0.25, 0.3) is 0 Å². The molecule has 1 aliphatic rings. The Morgan fingerprint density at radius 3 is 2.22 bits per heavy atom. The van der Waals surface area contributed by atoms with E-state index in [9.17, 15) is 26.7 Å². The van der Waals surface area contributed by atoms with E-state index < -0.39 is 32.4 Å². The summed E-state index contributed by atoms with van der Waals surface area (Å²) in [5.74, 6) is 0.336. The summed E-state index contributed by atoms with van der Waals surface area (Å²) in [5.41, 5.74) is -2.30. The molecule has 0 amide bonds. The van der Waals surface area contributed by atoms with Crippen LogP contribution >= 0.6 is 46.4 Å². The highest BCUT2D eigenvalue weighted by Gasteiger charge is 2.39. The number of aromatic nitrogens is 1. The molecule has 3 aromatic rings. The summed E-state index contributed by atoms with van der Waals surface area (Å²) in [6, 6.07) is 8.71. The van der Waals surface area contributed by atoms with E-state index in [2.05, 4.69) is 9.71 Å². The highest BCUT2D eigenvalue weighted by atomic mass is 35.5. The lowest BCUT2D eigenvalue weighted by atomic mass is 9.83. The maximum absolute atomic E-state index is 13.3. The molecule has 1 fully saturated rings. The lowest BCUT2D eigenvalue weighted by molar-refractivity contribution is -0.137. The molecule has 0 atom stereocenters. The summed E-state index contributed by atoms with van der Waals surface area (Å²) < 4.78 is 67.6. The smallest absolute Gasteiger partial charge is 0.385 e. The lowest BCUT2D eigenvalue weighted by Gasteiger charge is -2.39. The molecule has 0 spiro atoms. The fourth-order valence-corrected chi connectivity index (χ4v) is 6.35. The Bertz CT molecular complexity index is 1450. The van der Waals surface area contributed by atoms with Crippen LogP contribution < -0.4 is 9.62 Å². The van der Waals surface area contributed by atoms with Crippen LogP contribution in [0.2, 0.25) is 20.1 Å². The first-order valence-electron chi connectivity index (χ1n) is 10.7. The normalized spacial score (nSPS) is 16.1. The van der Waals surface area contributed by atoms with E-state index in [0.29, 0.717) is 5.82 Å². The number of halogens is 7. The Morgan fingerprint density at radius 1 is 0.946 bits per heavy atom. The Kier molecular flexibility index (Phi) is 7.82. The maximum Gasteiger partial charge on any atom is 0.417 e. The van der Waals surface area contributed by atoms with E-state index in [-0.39, 0.29) is 57.1 Å². The molecule has 37 heavy (non-hydrogen) atoms. The summed E-state index contributed by atoms with van der Waals surface area (Å²) in [6.45, 7) is 0.470. The van der Waals surface area contributed by atoms with Crippen LogP contribution in [-0.4, -0.2) is 31.6 Å². The van der Waals surface area contributed by atoms with E-state index in [1.54, 1.807) is 4.90 Å². The highest BCUT2D eigenvalue weighted by molar-refractivity contribution is 7.92. The van der Waals surface area contributed by atoms with Gasteiger partial charge < -0.3 is 10.0 Å². The molecule has 1 saturated heterocycles. The zero-order valence-corrected chi connectivity index (χ0v) is 22.5. The van der Waals surface area contributed by atoms with Crippen molar-refractivity contribution in [3.63, 3.8) is 0 Å². The summed E-state index contributed by atoms with van der Waals surface area (Å²) in [4.78, 5) is 5.84. The summed E-state index contributed by atoms with van der Waals surface area (Å²) in [7, 11) is -4.05. The molecular formula is C23H18Cl4F3N3O3S. The molecule has 0 saturated carbocycles. The van der Waals surface area contributed by atoms with Gasteiger partial charge in [0, 0.05) is 18.1 Å². The van der Waals surface area contributed by atoms with Crippen molar-refractivity contribution in [1.82, 2.24) is 4.98 Å². The fourth-order valence-electron chi connectivity index (χ4n) is 4.03. The van der Waals surface area contributed by atoms with Gasteiger partial charge in [-0.05, 0) is 54.8 Å².